The van der Waals surface area contributed by atoms with Crippen LogP contribution in [0.25, 0.3) is 20.9 Å². The van der Waals surface area contributed by atoms with E-state index >= 15 is 0 Å². The Morgan fingerprint density at radius 3 is 1.43 bits per heavy atom. The smallest absolute Gasteiger partial charge is 0.274 e. The van der Waals surface area contributed by atoms with E-state index in [1.807, 2.05) is 41.0 Å². The third-order valence-electron chi connectivity index (χ3n) is 13.3. The number of nitrogens with one attached hydrogen (secondary N) is 2. The van der Waals surface area contributed by atoms with Crippen molar-refractivity contribution in [2.45, 2.75) is 109 Å². The molecule has 0 spiro atoms. The zero-order valence-electron chi connectivity index (χ0n) is 39.1. The first-order chi connectivity index (χ1) is 33.0. The number of piperidine rings is 2. The van der Waals surface area contributed by atoms with E-state index in [4.69, 9.17) is 21.6 Å². The number of carbonyl (C=O) groups is 4. The Morgan fingerprint density at radius 2 is 1.00 bits per heavy atom. The lowest BCUT2D eigenvalue weighted by atomic mass is 10.0. The molecular formula is C55H59ClN6O4S2. The van der Waals surface area contributed by atoms with Gasteiger partial charge in [0.25, 0.3) is 23.6 Å². The van der Waals surface area contributed by atoms with Gasteiger partial charge in [0, 0.05) is 66.2 Å². The van der Waals surface area contributed by atoms with Crippen LogP contribution in [0.3, 0.4) is 0 Å². The number of hydrogen-bond donors (Lipinski definition) is 2. The van der Waals surface area contributed by atoms with Crippen LogP contribution >= 0.6 is 34.3 Å². The normalized spacial score (nSPS) is 18.1. The van der Waals surface area contributed by atoms with Crippen molar-refractivity contribution in [2.24, 2.45) is 0 Å². The second-order valence-electron chi connectivity index (χ2n) is 18.8. The molecule has 10 rings (SSSR count). The molecule has 4 aliphatic rings. The van der Waals surface area contributed by atoms with Gasteiger partial charge in [0.15, 0.2) is 0 Å². The number of thiazole rings is 2. The van der Waals surface area contributed by atoms with Crippen LogP contribution in [0.5, 0.6) is 0 Å². The molecule has 0 unspecified atom stereocenters. The molecule has 2 atom stereocenters. The summed E-state index contributed by atoms with van der Waals surface area (Å²) in [6, 6.07) is 31.1. The van der Waals surface area contributed by atoms with Crippen molar-refractivity contribution in [1.82, 2.24) is 30.4 Å². The predicted molar refractivity (Wildman–Crippen MR) is 273 cm³/mol. The number of halogens is 1. The molecule has 2 aromatic heterocycles. The summed E-state index contributed by atoms with van der Waals surface area (Å²) in [6.07, 6.45) is 10.4. The van der Waals surface area contributed by atoms with Crippen molar-refractivity contribution in [3.63, 3.8) is 0 Å². The molecule has 2 aliphatic carbocycles. The van der Waals surface area contributed by atoms with E-state index in [-0.39, 0.29) is 35.7 Å². The van der Waals surface area contributed by atoms with E-state index in [1.165, 1.54) is 11.1 Å². The average molecular weight is 968 g/mol. The summed E-state index contributed by atoms with van der Waals surface area (Å²) in [7, 11) is 0. The van der Waals surface area contributed by atoms with Crippen molar-refractivity contribution in [2.75, 3.05) is 26.2 Å². The molecule has 0 radical (unpaired) electrons. The van der Waals surface area contributed by atoms with Crippen LogP contribution in [0.1, 0.15) is 144 Å². The number of nitrogens with zero attached hydrogens (tertiary/aromatic N) is 4. The molecule has 4 heterocycles. The van der Waals surface area contributed by atoms with Crippen molar-refractivity contribution in [3.05, 3.63) is 151 Å². The first-order valence-corrected chi connectivity index (χ1v) is 26.2. The lowest BCUT2D eigenvalue weighted by Crippen LogP contribution is -2.49. The lowest BCUT2D eigenvalue weighted by Gasteiger charge is -2.35. The van der Waals surface area contributed by atoms with Crippen molar-refractivity contribution in [3.8, 4) is 20.9 Å². The number of benzene rings is 4. The van der Waals surface area contributed by atoms with Crippen molar-refractivity contribution in [1.29, 1.82) is 0 Å². The second kappa shape index (κ2) is 21.3. The fraction of sp³-hybridized carbons (Fsp3) is 0.382. The maximum absolute atomic E-state index is 13.8. The second-order valence-corrected chi connectivity index (χ2v) is 21.3. The van der Waals surface area contributed by atoms with Gasteiger partial charge < -0.3 is 20.4 Å². The Balaban J connectivity index is 0.000000170. The van der Waals surface area contributed by atoms with Crippen LogP contribution in [0, 0.1) is 20.8 Å². The zero-order chi connectivity index (χ0) is 47.3. The molecule has 2 saturated heterocycles. The summed E-state index contributed by atoms with van der Waals surface area (Å²) in [5.74, 6) is 0.692. The van der Waals surface area contributed by atoms with E-state index < -0.39 is 0 Å². The molecule has 6 aromatic rings. The van der Waals surface area contributed by atoms with Gasteiger partial charge in [0.2, 0.25) is 0 Å². The number of hydrogen-bond acceptors (Lipinski definition) is 8. The van der Waals surface area contributed by atoms with Crippen LogP contribution in [-0.2, 0) is 0 Å². The monoisotopic (exact) mass is 966 g/mol. The van der Waals surface area contributed by atoms with Crippen molar-refractivity contribution < 1.29 is 19.2 Å². The minimum Gasteiger partial charge on any atom is -0.350 e. The van der Waals surface area contributed by atoms with Crippen LogP contribution in [-0.4, -0.2) is 81.7 Å². The van der Waals surface area contributed by atoms with E-state index in [9.17, 15) is 19.2 Å². The van der Waals surface area contributed by atoms with Gasteiger partial charge in [-0.05, 0) is 126 Å². The number of aromatic nitrogens is 2. The fourth-order valence-corrected chi connectivity index (χ4v) is 11.7. The average Bonchev–Trinajstić information content (AvgIpc) is 4.31. The van der Waals surface area contributed by atoms with Gasteiger partial charge in [0.1, 0.15) is 11.4 Å². The maximum Gasteiger partial charge on any atom is 0.274 e. The SMILES string of the molecule is Cc1ccc(-c2sc(C3CC3)nc2C(=O)N2CCCC[C@H]2CNC(=O)c2cccc(C)c2)cc1.Cc1ccc(-c2sc(C3CC3)nc2C(=O)N2CCCC[C@H]2CNC(=O)c2cccc(Cl)c2)cc1. The fourth-order valence-electron chi connectivity index (χ4n) is 9.05. The molecule has 4 aromatic carbocycles. The Hall–Kier alpha value is -5.69. The summed E-state index contributed by atoms with van der Waals surface area (Å²) >= 11 is 9.36. The third-order valence-corrected chi connectivity index (χ3v) is 16.1. The minimum absolute atomic E-state index is 0.00627. The molecule has 68 heavy (non-hydrogen) atoms. The van der Waals surface area contributed by atoms with Gasteiger partial charge >= 0.3 is 0 Å². The molecule has 10 nitrogen and oxygen atoms in total. The highest BCUT2D eigenvalue weighted by Crippen LogP contribution is 2.46. The van der Waals surface area contributed by atoms with E-state index in [0.717, 1.165) is 101 Å². The number of aryl methyl sites for hydroxylation is 3. The van der Waals surface area contributed by atoms with E-state index in [0.29, 0.717) is 65.6 Å². The number of amides is 4. The molecule has 2 aliphatic heterocycles. The van der Waals surface area contributed by atoms with Crippen LogP contribution in [0.15, 0.2) is 97.1 Å². The summed E-state index contributed by atoms with van der Waals surface area (Å²) in [6.45, 7) is 8.37. The van der Waals surface area contributed by atoms with Gasteiger partial charge in [-0.3, -0.25) is 19.2 Å². The Labute approximate surface area is 412 Å². The Kier molecular flexibility index (Phi) is 14.8. The minimum atomic E-state index is -0.175. The molecule has 0 bridgehead atoms. The summed E-state index contributed by atoms with van der Waals surface area (Å²) in [4.78, 5) is 68.6. The van der Waals surface area contributed by atoms with Crippen LogP contribution < -0.4 is 10.6 Å². The molecular weight excluding hydrogens is 908 g/mol. The summed E-state index contributed by atoms with van der Waals surface area (Å²) in [5.41, 5.74) is 7.86. The van der Waals surface area contributed by atoms with Crippen molar-refractivity contribution >= 4 is 57.9 Å². The molecule has 13 heteroatoms. The number of rotatable bonds is 12. The van der Waals surface area contributed by atoms with Gasteiger partial charge in [-0.1, -0.05) is 95.0 Å². The lowest BCUT2D eigenvalue weighted by molar-refractivity contribution is 0.0594. The Bertz CT molecular complexity index is 2590. The zero-order valence-corrected chi connectivity index (χ0v) is 41.5. The summed E-state index contributed by atoms with van der Waals surface area (Å²) < 4.78 is 0. The molecule has 4 amide bonds. The highest BCUT2D eigenvalue weighted by atomic mass is 35.5. The number of carbonyl (C=O) groups excluding carboxylic acids is 4. The molecule has 4 fully saturated rings. The maximum atomic E-state index is 13.8. The van der Waals surface area contributed by atoms with Crippen LogP contribution in [0.4, 0.5) is 0 Å². The molecule has 2 saturated carbocycles. The number of likely N-dealkylation sites (tertiary alicyclic amines) is 2. The van der Waals surface area contributed by atoms with Crippen LogP contribution in [0.2, 0.25) is 5.02 Å². The first-order valence-electron chi connectivity index (χ1n) is 24.1. The highest BCUT2D eigenvalue weighted by Gasteiger charge is 2.36. The highest BCUT2D eigenvalue weighted by molar-refractivity contribution is 7.16. The van der Waals surface area contributed by atoms with Gasteiger partial charge in [-0.15, -0.1) is 22.7 Å². The Morgan fingerprint density at radius 1 is 0.559 bits per heavy atom. The van der Waals surface area contributed by atoms with Gasteiger partial charge in [0.05, 0.1) is 19.8 Å². The predicted octanol–water partition coefficient (Wildman–Crippen LogP) is 11.8. The molecule has 2 N–H and O–H groups in total. The largest absolute Gasteiger partial charge is 0.350 e. The third kappa shape index (κ3) is 11.4. The van der Waals surface area contributed by atoms with E-state index in [2.05, 4.69) is 73.0 Å². The first kappa shape index (κ1) is 47.4. The molecule has 352 valence electrons. The quantitative estimate of drug-likeness (QED) is 0.126. The van der Waals surface area contributed by atoms with Gasteiger partial charge in [-0.25, -0.2) is 9.97 Å². The topological polar surface area (TPSA) is 125 Å². The standard InChI is InChI=1S/C28H31N3O2S.C27H28ClN3O2S/c1-18-9-11-20(12-10-18)25-24(30-27(34-25)21-13-14-21)28(33)31-15-4-3-8-23(31)17-29-26(32)22-7-5-6-19(2)16-22;1-17-8-10-18(11-9-17)24-23(30-26(34-24)19-12-13-19)27(33)31-14-3-2-7-22(31)16-29-25(32)20-5-4-6-21(28)15-20/h5-7,9-12,16,21,23H,3-4,8,13-15,17H2,1-2H3,(H,29,32);4-6,8-11,15,19,22H,2-3,7,12-14,16H2,1H3,(H,29,32)/t23-;22-/m00/s1. The van der Waals surface area contributed by atoms with Gasteiger partial charge in [-0.2, -0.15) is 0 Å². The van der Waals surface area contributed by atoms with E-state index in [1.54, 1.807) is 46.9 Å². The summed E-state index contributed by atoms with van der Waals surface area (Å²) in [5, 5.41) is 8.76.